The Hall–Kier alpha value is -1.15. The van der Waals surface area contributed by atoms with Gasteiger partial charge in [0.1, 0.15) is 5.82 Å². The van der Waals surface area contributed by atoms with Gasteiger partial charge in [0.15, 0.2) is 0 Å². The van der Waals surface area contributed by atoms with E-state index in [9.17, 15) is 4.39 Å². The van der Waals surface area contributed by atoms with Crippen LogP contribution in [-0.4, -0.2) is 6.54 Å². The van der Waals surface area contributed by atoms with Crippen molar-refractivity contribution in [3.63, 3.8) is 0 Å². The van der Waals surface area contributed by atoms with Crippen LogP contribution < -0.4 is 5.32 Å². The molecule has 1 aromatic carbocycles. The van der Waals surface area contributed by atoms with Crippen LogP contribution in [0.4, 0.5) is 4.39 Å². The van der Waals surface area contributed by atoms with Gasteiger partial charge in [0.05, 0.1) is 0 Å². The van der Waals surface area contributed by atoms with E-state index in [-0.39, 0.29) is 5.82 Å². The summed E-state index contributed by atoms with van der Waals surface area (Å²) in [5.41, 5.74) is 1.52. The first-order valence-corrected chi connectivity index (χ1v) is 4.39. The summed E-state index contributed by atoms with van der Waals surface area (Å²) in [4.78, 5) is 0. The molecule has 0 radical (unpaired) electrons. The van der Waals surface area contributed by atoms with E-state index >= 15 is 0 Å². The molecule has 0 saturated heterocycles. The van der Waals surface area contributed by atoms with Gasteiger partial charge < -0.3 is 5.32 Å². The van der Waals surface area contributed by atoms with E-state index in [4.69, 9.17) is 0 Å². The van der Waals surface area contributed by atoms with E-state index in [1.807, 2.05) is 13.0 Å². The van der Waals surface area contributed by atoms with Crippen LogP contribution in [-0.2, 0) is 6.54 Å². The zero-order valence-electron chi connectivity index (χ0n) is 7.81. The Bertz CT molecular complexity index is 294. The van der Waals surface area contributed by atoms with Crippen LogP contribution in [0.5, 0.6) is 0 Å². The molecule has 0 aliphatic heterocycles. The SMILES string of the molecule is C=Cc1ccc(CNCC)cc1F. The van der Waals surface area contributed by atoms with Crippen molar-refractivity contribution in [2.24, 2.45) is 0 Å². The van der Waals surface area contributed by atoms with Crippen LogP contribution in [0.1, 0.15) is 18.1 Å². The molecule has 0 spiro atoms. The van der Waals surface area contributed by atoms with Crippen molar-refractivity contribution >= 4 is 6.08 Å². The monoisotopic (exact) mass is 179 g/mol. The summed E-state index contributed by atoms with van der Waals surface area (Å²) < 4.78 is 13.2. The van der Waals surface area contributed by atoms with E-state index in [2.05, 4.69) is 11.9 Å². The first kappa shape index (κ1) is 9.93. The van der Waals surface area contributed by atoms with Gasteiger partial charge in [-0.25, -0.2) is 4.39 Å². The molecule has 0 aliphatic rings. The first-order valence-electron chi connectivity index (χ1n) is 4.39. The fraction of sp³-hybridized carbons (Fsp3) is 0.273. The minimum absolute atomic E-state index is 0.203. The van der Waals surface area contributed by atoms with Crippen molar-refractivity contribution in [1.82, 2.24) is 5.32 Å². The summed E-state index contributed by atoms with van der Waals surface area (Å²) in [6.07, 6.45) is 1.52. The van der Waals surface area contributed by atoms with Gasteiger partial charge in [0, 0.05) is 12.1 Å². The smallest absolute Gasteiger partial charge is 0.130 e. The van der Waals surface area contributed by atoms with E-state index in [1.54, 1.807) is 12.1 Å². The van der Waals surface area contributed by atoms with Crippen LogP contribution in [0.25, 0.3) is 6.08 Å². The lowest BCUT2D eigenvalue weighted by atomic mass is 10.1. The standard InChI is InChI=1S/C11H14FN/c1-3-10-6-5-9(7-11(10)12)8-13-4-2/h3,5-7,13H,1,4,8H2,2H3. The number of hydrogen-bond donors (Lipinski definition) is 1. The number of nitrogens with one attached hydrogen (secondary N) is 1. The van der Waals surface area contributed by atoms with Crippen LogP contribution in [0, 0.1) is 5.82 Å². The zero-order chi connectivity index (χ0) is 9.68. The van der Waals surface area contributed by atoms with Crippen LogP contribution in [0.2, 0.25) is 0 Å². The van der Waals surface area contributed by atoms with Crippen LogP contribution in [0.3, 0.4) is 0 Å². The lowest BCUT2D eigenvalue weighted by molar-refractivity contribution is 0.619. The molecule has 0 aliphatic carbocycles. The number of rotatable bonds is 4. The molecule has 0 aromatic heterocycles. The van der Waals surface area contributed by atoms with Crippen molar-refractivity contribution in [2.45, 2.75) is 13.5 Å². The van der Waals surface area contributed by atoms with Gasteiger partial charge in [0.2, 0.25) is 0 Å². The Morgan fingerprint density at radius 3 is 2.85 bits per heavy atom. The van der Waals surface area contributed by atoms with Crippen molar-refractivity contribution in [3.05, 3.63) is 41.7 Å². The normalized spacial score (nSPS) is 10.0. The summed E-state index contributed by atoms with van der Waals surface area (Å²) >= 11 is 0. The van der Waals surface area contributed by atoms with E-state index in [0.717, 1.165) is 12.1 Å². The molecule has 0 unspecified atom stereocenters. The van der Waals surface area contributed by atoms with Gasteiger partial charge >= 0.3 is 0 Å². The van der Waals surface area contributed by atoms with Crippen LogP contribution in [0.15, 0.2) is 24.8 Å². The zero-order valence-corrected chi connectivity index (χ0v) is 7.81. The fourth-order valence-corrected chi connectivity index (χ4v) is 1.12. The molecular formula is C11H14FN. The third-order valence-corrected chi connectivity index (χ3v) is 1.86. The molecule has 1 rings (SSSR count). The van der Waals surface area contributed by atoms with Gasteiger partial charge in [-0.05, 0) is 18.2 Å². The Morgan fingerprint density at radius 2 is 2.31 bits per heavy atom. The molecule has 0 atom stereocenters. The maximum Gasteiger partial charge on any atom is 0.130 e. The van der Waals surface area contributed by atoms with E-state index in [1.165, 1.54) is 6.08 Å². The summed E-state index contributed by atoms with van der Waals surface area (Å²) in [5, 5.41) is 3.14. The van der Waals surface area contributed by atoms with Crippen LogP contribution >= 0.6 is 0 Å². The van der Waals surface area contributed by atoms with Gasteiger partial charge in [0.25, 0.3) is 0 Å². The minimum Gasteiger partial charge on any atom is -0.313 e. The van der Waals surface area contributed by atoms with Gasteiger partial charge in [-0.1, -0.05) is 31.7 Å². The highest BCUT2D eigenvalue weighted by atomic mass is 19.1. The van der Waals surface area contributed by atoms with Gasteiger partial charge in [-0.2, -0.15) is 0 Å². The fourth-order valence-electron chi connectivity index (χ4n) is 1.12. The summed E-state index contributed by atoms with van der Waals surface area (Å²) in [6.45, 7) is 7.16. The second kappa shape index (κ2) is 4.77. The molecule has 70 valence electrons. The van der Waals surface area contributed by atoms with Gasteiger partial charge in [-0.15, -0.1) is 0 Å². The van der Waals surface area contributed by atoms with Crippen molar-refractivity contribution < 1.29 is 4.39 Å². The lowest BCUT2D eigenvalue weighted by Gasteiger charge is -2.03. The Kier molecular flexibility index (Phi) is 3.65. The number of benzene rings is 1. The topological polar surface area (TPSA) is 12.0 Å². The maximum atomic E-state index is 13.2. The predicted octanol–water partition coefficient (Wildman–Crippen LogP) is 2.58. The Labute approximate surface area is 78.3 Å². The molecule has 1 aromatic rings. The minimum atomic E-state index is -0.203. The Morgan fingerprint density at radius 1 is 1.54 bits per heavy atom. The Balaban J connectivity index is 2.77. The third-order valence-electron chi connectivity index (χ3n) is 1.86. The largest absolute Gasteiger partial charge is 0.313 e. The molecule has 0 fully saturated rings. The van der Waals surface area contributed by atoms with Crippen molar-refractivity contribution in [3.8, 4) is 0 Å². The summed E-state index contributed by atoms with van der Waals surface area (Å²) in [7, 11) is 0. The lowest BCUT2D eigenvalue weighted by Crippen LogP contribution is -2.11. The molecule has 0 saturated carbocycles. The summed E-state index contributed by atoms with van der Waals surface area (Å²) in [5.74, 6) is -0.203. The highest BCUT2D eigenvalue weighted by molar-refractivity contribution is 5.48. The molecular weight excluding hydrogens is 165 g/mol. The maximum absolute atomic E-state index is 13.2. The molecule has 0 bridgehead atoms. The molecule has 2 heteroatoms. The second-order valence-electron chi connectivity index (χ2n) is 2.84. The molecule has 0 heterocycles. The molecule has 1 nitrogen and oxygen atoms in total. The van der Waals surface area contributed by atoms with Crippen molar-refractivity contribution in [1.29, 1.82) is 0 Å². The highest BCUT2D eigenvalue weighted by Crippen LogP contribution is 2.11. The first-order chi connectivity index (χ1) is 6.27. The predicted molar refractivity (Wildman–Crippen MR) is 53.9 cm³/mol. The average molecular weight is 179 g/mol. The molecule has 1 N–H and O–H groups in total. The number of hydrogen-bond acceptors (Lipinski definition) is 1. The second-order valence-corrected chi connectivity index (χ2v) is 2.84. The highest BCUT2D eigenvalue weighted by Gasteiger charge is 1.99. The summed E-state index contributed by atoms with van der Waals surface area (Å²) in [6, 6.07) is 5.19. The average Bonchev–Trinajstić information content (AvgIpc) is 2.15. The van der Waals surface area contributed by atoms with Gasteiger partial charge in [-0.3, -0.25) is 0 Å². The molecule has 13 heavy (non-hydrogen) atoms. The number of halogens is 1. The molecule has 0 amide bonds. The quantitative estimate of drug-likeness (QED) is 0.749. The van der Waals surface area contributed by atoms with E-state index in [0.29, 0.717) is 12.1 Å². The van der Waals surface area contributed by atoms with Crippen molar-refractivity contribution in [2.75, 3.05) is 6.54 Å². The third kappa shape index (κ3) is 2.67. The van der Waals surface area contributed by atoms with E-state index < -0.39 is 0 Å².